The summed E-state index contributed by atoms with van der Waals surface area (Å²) in [4.78, 5) is 14.6. The van der Waals surface area contributed by atoms with Crippen molar-refractivity contribution in [2.45, 2.75) is 31.7 Å². The third-order valence-electron chi connectivity index (χ3n) is 4.02. The molecule has 1 aromatic rings. The van der Waals surface area contributed by atoms with Gasteiger partial charge in [-0.2, -0.15) is 0 Å². The predicted octanol–water partition coefficient (Wildman–Crippen LogP) is 1.76. The van der Waals surface area contributed by atoms with E-state index in [-0.39, 0.29) is 12.7 Å². The van der Waals surface area contributed by atoms with E-state index in [0.717, 1.165) is 12.8 Å². The summed E-state index contributed by atoms with van der Waals surface area (Å²) in [5.41, 5.74) is 6.31. The van der Waals surface area contributed by atoms with E-state index in [1.165, 1.54) is 12.8 Å². The number of nitrogens with two attached hydrogens (primary N) is 1. The van der Waals surface area contributed by atoms with Gasteiger partial charge >= 0.3 is 0 Å². The molecular formula is C15H20N2O3. The summed E-state index contributed by atoms with van der Waals surface area (Å²) in [5.74, 6) is 1.39. The van der Waals surface area contributed by atoms with Crippen LogP contribution < -0.4 is 15.2 Å². The highest BCUT2D eigenvalue weighted by Gasteiger charge is 2.27. The van der Waals surface area contributed by atoms with E-state index in [1.54, 1.807) is 18.2 Å². The number of carbonyl (C=O) groups excluding carboxylic acids is 1. The molecule has 2 aliphatic rings. The molecule has 1 fully saturated rings. The Kier molecular flexibility index (Phi) is 3.78. The molecule has 2 N–H and O–H groups in total. The van der Waals surface area contributed by atoms with E-state index in [9.17, 15) is 4.79 Å². The zero-order valence-corrected chi connectivity index (χ0v) is 11.5. The van der Waals surface area contributed by atoms with Crippen LogP contribution in [0.1, 0.15) is 36.0 Å². The van der Waals surface area contributed by atoms with Crippen molar-refractivity contribution in [1.29, 1.82) is 0 Å². The Hall–Kier alpha value is -1.75. The van der Waals surface area contributed by atoms with Crippen molar-refractivity contribution in [3.8, 4) is 11.5 Å². The van der Waals surface area contributed by atoms with Crippen LogP contribution in [0.25, 0.3) is 0 Å². The normalized spacial score (nSPS) is 17.4. The molecule has 0 spiro atoms. The molecule has 5 heteroatoms. The van der Waals surface area contributed by atoms with Gasteiger partial charge in [-0.25, -0.2) is 0 Å². The maximum atomic E-state index is 12.7. The molecule has 1 aromatic carbocycles. The Balaban J connectivity index is 1.81. The van der Waals surface area contributed by atoms with Gasteiger partial charge in [-0.15, -0.1) is 0 Å². The van der Waals surface area contributed by atoms with E-state index in [0.29, 0.717) is 36.2 Å². The molecule has 1 aliphatic carbocycles. The Bertz CT molecular complexity index is 498. The maximum Gasteiger partial charge on any atom is 0.254 e. The fourth-order valence-electron chi connectivity index (χ4n) is 3.00. The Labute approximate surface area is 118 Å². The van der Waals surface area contributed by atoms with Crippen molar-refractivity contribution in [1.82, 2.24) is 4.90 Å². The lowest BCUT2D eigenvalue weighted by Gasteiger charge is -2.28. The van der Waals surface area contributed by atoms with Crippen molar-refractivity contribution < 1.29 is 14.3 Å². The summed E-state index contributed by atoms with van der Waals surface area (Å²) >= 11 is 0. The number of amides is 1. The average molecular weight is 276 g/mol. The second-order valence-electron chi connectivity index (χ2n) is 5.29. The molecule has 3 rings (SSSR count). The molecule has 0 atom stereocenters. The van der Waals surface area contributed by atoms with Crippen LogP contribution in [-0.2, 0) is 0 Å². The van der Waals surface area contributed by atoms with Gasteiger partial charge in [0.05, 0.1) is 0 Å². The monoisotopic (exact) mass is 276 g/mol. The molecule has 0 bridgehead atoms. The van der Waals surface area contributed by atoms with Gasteiger partial charge in [0.1, 0.15) is 0 Å². The lowest BCUT2D eigenvalue weighted by Crippen LogP contribution is -2.41. The molecule has 5 nitrogen and oxygen atoms in total. The van der Waals surface area contributed by atoms with Crippen LogP contribution in [0, 0.1) is 0 Å². The van der Waals surface area contributed by atoms with Crippen molar-refractivity contribution in [3.63, 3.8) is 0 Å². The van der Waals surface area contributed by atoms with Crippen molar-refractivity contribution in [2.75, 3.05) is 19.9 Å². The van der Waals surface area contributed by atoms with E-state index in [4.69, 9.17) is 15.2 Å². The van der Waals surface area contributed by atoms with Crippen LogP contribution in [0.5, 0.6) is 11.5 Å². The fraction of sp³-hybridized carbons (Fsp3) is 0.533. The number of rotatable bonds is 4. The first-order valence-electron chi connectivity index (χ1n) is 7.20. The lowest BCUT2D eigenvalue weighted by atomic mass is 10.1. The molecule has 1 heterocycles. The fourth-order valence-corrected chi connectivity index (χ4v) is 3.00. The summed E-state index contributed by atoms with van der Waals surface area (Å²) in [5, 5.41) is 0. The van der Waals surface area contributed by atoms with E-state index >= 15 is 0 Å². The molecule has 1 saturated carbocycles. The Morgan fingerprint density at radius 2 is 2.00 bits per heavy atom. The molecular weight excluding hydrogens is 256 g/mol. The van der Waals surface area contributed by atoms with Crippen LogP contribution in [0.15, 0.2) is 18.2 Å². The molecule has 0 saturated heterocycles. The number of ether oxygens (including phenoxy) is 2. The van der Waals surface area contributed by atoms with Crippen LogP contribution in [0.2, 0.25) is 0 Å². The van der Waals surface area contributed by atoms with Crippen LogP contribution in [0.3, 0.4) is 0 Å². The first-order chi connectivity index (χ1) is 9.79. The summed E-state index contributed by atoms with van der Waals surface area (Å²) in [6, 6.07) is 5.69. The molecule has 1 aliphatic heterocycles. The first kappa shape index (κ1) is 13.2. The number of carbonyl (C=O) groups is 1. The van der Waals surface area contributed by atoms with Crippen molar-refractivity contribution >= 4 is 5.91 Å². The van der Waals surface area contributed by atoms with Crippen LogP contribution in [-0.4, -0.2) is 36.7 Å². The lowest BCUT2D eigenvalue weighted by molar-refractivity contribution is 0.0687. The quantitative estimate of drug-likeness (QED) is 0.910. The molecule has 20 heavy (non-hydrogen) atoms. The van der Waals surface area contributed by atoms with Crippen LogP contribution >= 0.6 is 0 Å². The zero-order chi connectivity index (χ0) is 13.9. The summed E-state index contributed by atoms with van der Waals surface area (Å²) in [6.45, 7) is 1.33. The number of nitrogens with zero attached hydrogens (tertiary/aromatic N) is 1. The highest BCUT2D eigenvalue weighted by atomic mass is 16.7. The number of fused-ring (bicyclic) bond motifs is 1. The molecule has 0 unspecified atom stereocenters. The minimum atomic E-state index is 0.0423. The van der Waals surface area contributed by atoms with E-state index in [1.807, 2.05) is 4.90 Å². The SMILES string of the molecule is NCCN(C(=O)c1ccc2c(c1)OCO2)C1CCCC1. The number of benzene rings is 1. The largest absolute Gasteiger partial charge is 0.454 e. The van der Waals surface area contributed by atoms with Gasteiger partial charge in [0, 0.05) is 24.7 Å². The van der Waals surface area contributed by atoms with E-state index in [2.05, 4.69) is 0 Å². The highest BCUT2D eigenvalue weighted by molar-refractivity contribution is 5.95. The second-order valence-corrected chi connectivity index (χ2v) is 5.29. The van der Waals surface area contributed by atoms with Crippen molar-refractivity contribution in [3.05, 3.63) is 23.8 Å². The topological polar surface area (TPSA) is 64.8 Å². The minimum Gasteiger partial charge on any atom is -0.454 e. The third-order valence-corrected chi connectivity index (χ3v) is 4.02. The van der Waals surface area contributed by atoms with E-state index < -0.39 is 0 Å². The van der Waals surface area contributed by atoms with Crippen molar-refractivity contribution in [2.24, 2.45) is 5.73 Å². The third kappa shape index (κ3) is 2.45. The Morgan fingerprint density at radius 3 is 2.75 bits per heavy atom. The van der Waals surface area contributed by atoms with Gasteiger partial charge in [-0.1, -0.05) is 12.8 Å². The maximum absolute atomic E-state index is 12.7. The summed E-state index contributed by atoms with van der Waals surface area (Å²) in [6.07, 6.45) is 4.55. The summed E-state index contributed by atoms with van der Waals surface area (Å²) in [7, 11) is 0. The van der Waals surface area contributed by atoms with Gasteiger partial charge in [-0.05, 0) is 31.0 Å². The average Bonchev–Trinajstić information content (AvgIpc) is 3.13. The molecule has 108 valence electrons. The number of hydrogen-bond donors (Lipinski definition) is 1. The van der Waals surface area contributed by atoms with Gasteiger partial charge in [0.15, 0.2) is 11.5 Å². The summed E-state index contributed by atoms with van der Waals surface area (Å²) < 4.78 is 10.6. The van der Waals surface area contributed by atoms with Gasteiger partial charge in [0.2, 0.25) is 6.79 Å². The standard InChI is InChI=1S/C15H20N2O3/c16-7-8-17(12-3-1-2-4-12)15(18)11-5-6-13-14(9-11)20-10-19-13/h5-6,9,12H,1-4,7-8,10,16H2. The van der Waals surface area contributed by atoms with Gasteiger partial charge in [0.25, 0.3) is 5.91 Å². The number of hydrogen-bond acceptors (Lipinski definition) is 4. The zero-order valence-electron chi connectivity index (χ0n) is 11.5. The minimum absolute atomic E-state index is 0.0423. The smallest absolute Gasteiger partial charge is 0.254 e. The van der Waals surface area contributed by atoms with Gasteiger partial charge in [-0.3, -0.25) is 4.79 Å². The molecule has 1 amide bonds. The highest BCUT2D eigenvalue weighted by Crippen LogP contribution is 2.33. The van der Waals surface area contributed by atoms with Crippen LogP contribution in [0.4, 0.5) is 0 Å². The van der Waals surface area contributed by atoms with Gasteiger partial charge < -0.3 is 20.1 Å². The molecule has 0 aromatic heterocycles. The Morgan fingerprint density at radius 1 is 1.25 bits per heavy atom. The first-order valence-corrected chi connectivity index (χ1v) is 7.20. The predicted molar refractivity (Wildman–Crippen MR) is 74.9 cm³/mol. The molecule has 0 radical (unpaired) electrons. The second kappa shape index (κ2) is 5.71.